The SMILES string of the molecule is COCCN(CCO)C(=O)c1cccnc1. The number of methoxy groups -OCH3 is 1. The molecule has 0 unspecified atom stereocenters. The Morgan fingerprint density at radius 1 is 1.56 bits per heavy atom. The summed E-state index contributed by atoms with van der Waals surface area (Å²) in [5.41, 5.74) is 0.520. The van der Waals surface area contributed by atoms with Crippen LogP contribution in [-0.2, 0) is 4.74 Å². The van der Waals surface area contributed by atoms with Crippen LogP contribution in [0, 0.1) is 0 Å². The van der Waals surface area contributed by atoms with E-state index in [-0.39, 0.29) is 12.5 Å². The standard InChI is InChI=1S/C11H16N2O3/c1-16-8-6-13(5-7-14)11(15)10-3-2-4-12-9-10/h2-4,9,14H,5-8H2,1H3. The van der Waals surface area contributed by atoms with Crippen molar-refractivity contribution in [1.29, 1.82) is 0 Å². The number of rotatable bonds is 6. The highest BCUT2D eigenvalue weighted by Gasteiger charge is 2.14. The fraction of sp³-hybridized carbons (Fsp3) is 0.455. The predicted octanol–water partition coefficient (Wildman–Crippen LogP) is 0.162. The van der Waals surface area contributed by atoms with Gasteiger partial charge in [-0.1, -0.05) is 0 Å². The number of carbonyl (C=O) groups is 1. The molecule has 1 amide bonds. The van der Waals surface area contributed by atoms with Gasteiger partial charge in [0, 0.05) is 32.6 Å². The number of aliphatic hydroxyl groups excluding tert-OH is 1. The van der Waals surface area contributed by atoms with E-state index in [2.05, 4.69) is 4.98 Å². The van der Waals surface area contributed by atoms with Crippen LogP contribution in [0.25, 0.3) is 0 Å². The number of pyridine rings is 1. The van der Waals surface area contributed by atoms with E-state index in [1.807, 2.05) is 0 Å². The van der Waals surface area contributed by atoms with E-state index in [9.17, 15) is 4.79 Å². The van der Waals surface area contributed by atoms with Crippen LogP contribution in [0.5, 0.6) is 0 Å². The highest BCUT2D eigenvalue weighted by atomic mass is 16.5. The van der Waals surface area contributed by atoms with Crippen molar-refractivity contribution in [3.05, 3.63) is 30.1 Å². The van der Waals surface area contributed by atoms with Crippen molar-refractivity contribution in [3.8, 4) is 0 Å². The maximum Gasteiger partial charge on any atom is 0.255 e. The molecule has 1 N–H and O–H groups in total. The van der Waals surface area contributed by atoms with Crippen LogP contribution in [0.2, 0.25) is 0 Å². The van der Waals surface area contributed by atoms with E-state index in [4.69, 9.17) is 9.84 Å². The molecule has 0 bridgehead atoms. The number of amides is 1. The van der Waals surface area contributed by atoms with Gasteiger partial charge < -0.3 is 14.7 Å². The van der Waals surface area contributed by atoms with Gasteiger partial charge in [0.25, 0.3) is 5.91 Å². The highest BCUT2D eigenvalue weighted by molar-refractivity contribution is 5.93. The van der Waals surface area contributed by atoms with Crippen LogP contribution in [0.3, 0.4) is 0 Å². The Balaban J connectivity index is 2.67. The van der Waals surface area contributed by atoms with Gasteiger partial charge in [0.05, 0.1) is 18.8 Å². The van der Waals surface area contributed by atoms with Gasteiger partial charge >= 0.3 is 0 Å². The molecule has 0 fully saturated rings. The lowest BCUT2D eigenvalue weighted by Crippen LogP contribution is -2.36. The second-order valence-electron chi connectivity index (χ2n) is 3.25. The molecule has 0 saturated heterocycles. The topological polar surface area (TPSA) is 62.7 Å². The van der Waals surface area contributed by atoms with Crippen LogP contribution < -0.4 is 0 Å². The molecular formula is C11H16N2O3. The average Bonchev–Trinajstić information content (AvgIpc) is 2.35. The zero-order chi connectivity index (χ0) is 11.8. The molecule has 5 nitrogen and oxygen atoms in total. The molecule has 0 aliphatic heterocycles. The third kappa shape index (κ3) is 3.60. The first-order valence-electron chi connectivity index (χ1n) is 5.08. The van der Waals surface area contributed by atoms with E-state index >= 15 is 0 Å². The third-order valence-corrected chi connectivity index (χ3v) is 2.13. The van der Waals surface area contributed by atoms with Crippen molar-refractivity contribution < 1.29 is 14.6 Å². The second kappa shape index (κ2) is 6.92. The fourth-order valence-electron chi connectivity index (χ4n) is 1.31. The van der Waals surface area contributed by atoms with Crippen molar-refractivity contribution >= 4 is 5.91 Å². The van der Waals surface area contributed by atoms with E-state index in [1.165, 1.54) is 6.20 Å². The Hall–Kier alpha value is -1.46. The van der Waals surface area contributed by atoms with Gasteiger partial charge in [-0.2, -0.15) is 0 Å². The third-order valence-electron chi connectivity index (χ3n) is 2.13. The van der Waals surface area contributed by atoms with Gasteiger partial charge in [0.15, 0.2) is 0 Å². The molecule has 0 aromatic carbocycles. The van der Waals surface area contributed by atoms with Gasteiger partial charge in [-0.05, 0) is 12.1 Å². The van der Waals surface area contributed by atoms with E-state index < -0.39 is 0 Å². The maximum atomic E-state index is 12.0. The summed E-state index contributed by atoms with van der Waals surface area (Å²) in [6.07, 6.45) is 3.13. The Bertz CT molecular complexity index is 316. The number of aromatic nitrogens is 1. The summed E-state index contributed by atoms with van der Waals surface area (Å²) in [5.74, 6) is -0.140. The normalized spacial score (nSPS) is 10.1. The van der Waals surface area contributed by atoms with Crippen molar-refractivity contribution in [2.45, 2.75) is 0 Å². The molecule has 0 aliphatic carbocycles. The molecule has 1 aromatic rings. The summed E-state index contributed by atoms with van der Waals surface area (Å²) in [6, 6.07) is 3.41. The molecule has 1 heterocycles. The zero-order valence-electron chi connectivity index (χ0n) is 9.30. The molecule has 1 aromatic heterocycles. The van der Waals surface area contributed by atoms with E-state index in [0.29, 0.717) is 25.3 Å². The molecule has 0 saturated carbocycles. The molecule has 1 rings (SSSR count). The number of hydrogen-bond donors (Lipinski definition) is 1. The number of ether oxygens (including phenoxy) is 1. The Morgan fingerprint density at radius 2 is 2.38 bits per heavy atom. The van der Waals surface area contributed by atoms with Gasteiger partial charge in [0.1, 0.15) is 0 Å². The fourth-order valence-corrected chi connectivity index (χ4v) is 1.31. The first kappa shape index (κ1) is 12.6. The van der Waals surface area contributed by atoms with E-state index in [0.717, 1.165) is 0 Å². The molecule has 0 aliphatic rings. The molecular weight excluding hydrogens is 208 g/mol. The summed E-state index contributed by atoms with van der Waals surface area (Å²) in [7, 11) is 1.58. The van der Waals surface area contributed by atoms with Gasteiger partial charge in [-0.15, -0.1) is 0 Å². The van der Waals surface area contributed by atoms with Crippen LogP contribution in [-0.4, -0.2) is 54.3 Å². The zero-order valence-corrected chi connectivity index (χ0v) is 9.30. The quantitative estimate of drug-likeness (QED) is 0.747. The van der Waals surface area contributed by atoms with Crippen LogP contribution >= 0.6 is 0 Å². The summed E-state index contributed by atoms with van der Waals surface area (Å²) >= 11 is 0. The Labute approximate surface area is 94.7 Å². The lowest BCUT2D eigenvalue weighted by Gasteiger charge is -2.21. The minimum Gasteiger partial charge on any atom is -0.395 e. The molecule has 88 valence electrons. The number of hydrogen-bond acceptors (Lipinski definition) is 4. The molecule has 0 atom stereocenters. The monoisotopic (exact) mass is 224 g/mol. The van der Waals surface area contributed by atoms with Crippen LogP contribution in [0.1, 0.15) is 10.4 Å². The second-order valence-corrected chi connectivity index (χ2v) is 3.25. The van der Waals surface area contributed by atoms with Gasteiger partial charge in [-0.3, -0.25) is 9.78 Å². The minimum absolute atomic E-state index is 0.0598. The van der Waals surface area contributed by atoms with Crippen molar-refractivity contribution in [1.82, 2.24) is 9.88 Å². The van der Waals surface area contributed by atoms with Gasteiger partial charge in [-0.25, -0.2) is 0 Å². The summed E-state index contributed by atoms with van der Waals surface area (Å²) in [6.45, 7) is 1.16. The first-order chi connectivity index (χ1) is 7.79. The molecule has 16 heavy (non-hydrogen) atoms. The largest absolute Gasteiger partial charge is 0.395 e. The molecule has 0 spiro atoms. The maximum absolute atomic E-state index is 12.0. The molecule has 0 radical (unpaired) electrons. The number of aliphatic hydroxyl groups is 1. The summed E-state index contributed by atoms with van der Waals surface area (Å²) in [4.78, 5) is 17.4. The van der Waals surface area contributed by atoms with Gasteiger partial charge in [0.2, 0.25) is 0 Å². The number of nitrogens with zero attached hydrogens (tertiary/aromatic N) is 2. The predicted molar refractivity (Wildman–Crippen MR) is 59.1 cm³/mol. The first-order valence-corrected chi connectivity index (χ1v) is 5.08. The Kier molecular flexibility index (Phi) is 5.45. The smallest absolute Gasteiger partial charge is 0.255 e. The minimum atomic E-state index is -0.140. The lowest BCUT2D eigenvalue weighted by atomic mass is 10.2. The summed E-state index contributed by atoms with van der Waals surface area (Å²) < 4.78 is 4.91. The van der Waals surface area contributed by atoms with Crippen LogP contribution in [0.15, 0.2) is 24.5 Å². The molecule has 5 heteroatoms. The van der Waals surface area contributed by atoms with E-state index in [1.54, 1.807) is 30.3 Å². The lowest BCUT2D eigenvalue weighted by molar-refractivity contribution is 0.0656. The van der Waals surface area contributed by atoms with Crippen molar-refractivity contribution in [2.75, 3.05) is 33.4 Å². The average molecular weight is 224 g/mol. The number of carbonyl (C=O) groups excluding carboxylic acids is 1. The van der Waals surface area contributed by atoms with Crippen LogP contribution in [0.4, 0.5) is 0 Å². The summed E-state index contributed by atoms with van der Waals surface area (Å²) in [5, 5.41) is 8.88. The van der Waals surface area contributed by atoms with Crippen molar-refractivity contribution in [3.63, 3.8) is 0 Å². The highest BCUT2D eigenvalue weighted by Crippen LogP contribution is 2.02. The Morgan fingerprint density at radius 3 is 2.94 bits per heavy atom. The van der Waals surface area contributed by atoms with Crippen molar-refractivity contribution in [2.24, 2.45) is 0 Å².